The van der Waals surface area contributed by atoms with Gasteiger partial charge >= 0.3 is 0 Å². The first-order valence-corrected chi connectivity index (χ1v) is 9.26. The predicted octanol–water partition coefficient (Wildman–Crippen LogP) is 3.28. The minimum Gasteiger partial charge on any atom is -0.369 e. The van der Waals surface area contributed by atoms with Crippen molar-refractivity contribution in [3.63, 3.8) is 0 Å². The van der Waals surface area contributed by atoms with Crippen LogP contribution in [0.25, 0.3) is 11.3 Å². The fourth-order valence-electron chi connectivity index (χ4n) is 3.27. The van der Waals surface area contributed by atoms with Crippen molar-refractivity contribution in [1.82, 2.24) is 19.9 Å². The van der Waals surface area contributed by atoms with E-state index in [0.717, 1.165) is 29.1 Å². The van der Waals surface area contributed by atoms with Crippen molar-refractivity contribution >= 4 is 29.2 Å². The summed E-state index contributed by atoms with van der Waals surface area (Å²) >= 11 is 12.3. The lowest BCUT2D eigenvalue weighted by molar-refractivity contribution is 0.241. The summed E-state index contributed by atoms with van der Waals surface area (Å²) in [4.78, 5) is 25.6. The minimum atomic E-state index is -0.161. The van der Waals surface area contributed by atoms with Crippen LogP contribution in [0.4, 0.5) is 5.95 Å². The van der Waals surface area contributed by atoms with Crippen LogP contribution in [-0.4, -0.2) is 26.4 Å². The van der Waals surface area contributed by atoms with Gasteiger partial charge in [0.2, 0.25) is 5.95 Å². The number of pyridine rings is 1. The van der Waals surface area contributed by atoms with Gasteiger partial charge in [-0.05, 0) is 17.7 Å². The number of halogens is 2. The molecule has 2 aromatic heterocycles. The number of hydrogen-bond donors (Lipinski definition) is 2. The Labute approximate surface area is 166 Å². The van der Waals surface area contributed by atoms with Crippen molar-refractivity contribution in [2.75, 3.05) is 12.3 Å². The van der Waals surface area contributed by atoms with Crippen molar-refractivity contribution < 1.29 is 0 Å². The van der Waals surface area contributed by atoms with Crippen LogP contribution in [0.1, 0.15) is 16.8 Å². The van der Waals surface area contributed by atoms with Crippen LogP contribution in [0, 0.1) is 0 Å². The number of aromatic nitrogens is 3. The first-order valence-electron chi connectivity index (χ1n) is 8.50. The Hall–Kier alpha value is -2.41. The van der Waals surface area contributed by atoms with Gasteiger partial charge in [0.05, 0.1) is 27.0 Å². The number of anilines is 1. The van der Waals surface area contributed by atoms with Gasteiger partial charge < -0.3 is 5.73 Å². The zero-order chi connectivity index (χ0) is 19.0. The molecule has 0 saturated heterocycles. The highest BCUT2D eigenvalue weighted by Gasteiger charge is 2.21. The molecule has 4 rings (SSSR count). The zero-order valence-corrected chi connectivity index (χ0v) is 15.9. The van der Waals surface area contributed by atoms with Crippen molar-refractivity contribution in [1.29, 1.82) is 0 Å². The highest BCUT2D eigenvalue weighted by molar-refractivity contribution is 6.43. The van der Waals surface area contributed by atoms with Gasteiger partial charge in [0.1, 0.15) is 0 Å². The van der Waals surface area contributed by atoms with E-state index in [1.54, 1.807) is 6.07 Å². The molecule has 3 N–H and O–H groups in total. The molecule has 1 aromatic carbocycles. The highest BCUT2D eigenvalue weighted by Crippen LogP contribution is 2.32. The first kappa shape index (κ1) is 18.0. The van der Waals surface area contributed by atoms with Gasteiger partial charge in [0, 0.05) is 37.8 Å². The molecule has 0 saturated carbocycles. The third-order valence-electron chi connectivity index (χ3n) is 4.62. The number of nitrogen functional groups attached to an aromatic ring is 1. The van der Waals surface area contributed by atoms with Crippen LogP contribution >= 0.6 is 23.2 Å². The Bertz CT molecular complexity index is 1050. The van der Waals surface area contributed by atoms with Crippen LogP contribution in [0.15, 0.2) is 41.3 Å². The van der Waals surface area contributed by atoms with E-state index < -0.39 is 0 Å². The maximum absolute atomic E-state index is 12.1. The third-order valence-corrected chi connectivity index (χ3v) is 5.44. The number of rotatable bonds is 3. The predicted molar refractivity (Wildman–Crippen MR) is 107 cm³/mol. The van der Waals surface area contributed by atoms with E-state index in [2.05, 4.69) is 19.9 Å². The Morgan fingerprint density at radius 1 is 1.22 bits per heavy atom. The van der Waals surface area contributed by atoms with Gasteiger partial charge in [-0.15, -0.1) is 0 Å². The molecule has 8 heteroatoms. The molecule has 0 aliphatic carbocycles. The monoisotopic (exact) mass is 401 g/mol. The second-order valence-electron chi connectivity index (χ2n) is 6.49. The van der Waals surface area contributed by atoms with Crippen LogP contribution < -0.4 is 11.3 Å². The molecule has 1 aliphatic heterocycles. The van der Waals surface area contributed by atoms with Crippen molar-refractivity contribution in [2.24, 2.45) is 0 Å². The molecular formula is C19H17Cl2N5O. The number of nitrogens with two attached hydrogens (primary N) is 1. The van der Waals surface area contributed by atoms with Crippen molar-refractivity contribution in [3.8, 4) is 11.3 Å². The van der Waals surface area contributed by atoms with Gasteiger partial charge in [0.15, 0.2) is 0 Å². The summed E-state index contributed by atoms with van der Waals surface area (Å²) in [5.41, 5.74) is 9.56. The molecule has 0 amide bonds. The second kappa shape index (κ2) is 7.31. The topological polar surface area (TPSA) is 87.9 Å². The third kappa shape index (κ3) is 3.69. The normalized spacial score (nSPS) is 14.1. The fraction of sp³-hybridized carbons (Fsp3) is 0.211. The molecule has 0 spiro atoms. The zero-order valence-electron chi connectivity index (χ0n) is 14.4. The molecule has 0 unspecified atom stereocenters. The van der Waals surface area contributed by atoms with E-state index in [1.165, 1.54) is 0 Å². The average molecular weight is 402 g/mol. The quantitative estimate of drug-likeness (QED) is 0.702. The van der Waals surface area contributed by atoms with Gasteiger partial charge in [0.25, 0.3) is 5.56 Å². The lowest BCUT2D eigenvalue weighted by atomic mass is 10.1. The molecule has 138 valence electrons. The van der Waals surface area contributed by atoms with Gasteiger partial charge in [-0.2, -0.15) is 0 Å². The van der Waals surface area contributed by atoms with Crippen molar-refractivity contribution in [2.45, 2.75) is 19.5 Å². The van der Waals surface area contributed by atoms with Crippen molar-refractivity contribution in [3.05, 3.63) is 73.7 Å². The lowest BCUT2D eigenvalue weighted by Crippen LogP contribution is -2.35. The Morgan fingerprint density at radius 3 is 2.85 bits per heavy atom. The highest BCUT2D eigenvalue weighted by atomic mass is 35.5. The molecule has 0 fully saturated rings. The molecule has 0 atom stereocenters. The van der Waals surface area contributed by atoms with E-state index in [1.807, 2.05) is 30.5 Å². The number of nitrogens with one attached hydrogen (secondary N) is 1. The SMILES string of the molecule is Nc1nc2c(c(=O)[nH]1)CN(Cc1ccc(-c3cccc(Cl)c3Cl)nc1)CC2. The average Bonchev–Trinajstić information content (AvgIpc) is 2.65. The fourth-order valence-corrected chi connectivity index (χ4v) is 3.67. The summed E-state index contributed by atoms with van der Waals surface area (Å²) in [7, 11) is 0. The summed E-state index contributed by atoms with van der Waals surface area (Å²) in [5.74, 6) is 0.173. The van der Waals surface area contributed by atoms with Crippen LogP contribution in [0.5, 0.6) is 0 Å². The first-order chi connectivity index (χ1) is 13.0. The van der Waals surface area contributed by atoms with Gasteiger partial charge in [-0.3, -0.25) is 19.7 Å². The molecule has 3 aromatic rings. The largest absolute Gasteiger partial charge is 0.369 e. The van der Waals surface area contributed by atoms with E-state index in [0.29, 0.717) is 35.1 Å². The Balaban J connectivity index is 1.51. The van der Waals surface area contributed by atoms with Crippen LogP contribution in [0.2, 0.25) is 10.0 Å². The van der Waals surface area contributed by atoms with Crippen LogP contribution in [0.3, 0.4) is 0 Å². The maximum Gasteiger partial charge on any atom is 0.257 e. The smallest absolute Gasteiger partial charge is 0.257 e. The van der Waals surface area contributed by atoms with E-state index in [-0.39, 0.29) is 11.5 Å². The molecule has 6 nitrogen and oxygen atoms in total. The molecule has 1 aliphatic rings. The maximum atomic E-state index is 12.1. The number of aromatic amines is 1. The molecule has 27 heavy (non-hydrogen) atoms. The van der Waals surface area contributed by atoms with Gasteiger partial charge in [-0.1, -0.05) is 41.4 Å². The molecule has 0 radical (unpaired) electrons. The molecule has 3 heterocycles. The standard InChI is InChI=1S/C19H17Cl2N5O/c20-14-3-1-2-12(17(14)21)15-5-4-11(8-23-15)9-26-7-6-16-13(10-26)18(27)25-19(22)24-16/h1-5,8H,6-7,9-10H2,(H3,22,24,25,27). The Morgan fingerprint density at radius 2 is 2.07 bits per heavy atom. The number of fused-ring (bicyclic) bond motifs is 1. The summed E-state index contributed by atoms with van der Waals surface area (Å²) in [5, 5.41) is 1.00. The van der Waals surface area contributed by atoms with E-state index >= 15 is 0 Å². The van der Waals surface area contributed by atoms with Gasteiger partial charge in [-0.25, -0.2) is 4.98 Å². The van der Waals surface area contributed by atoms with E-state index in [9.17, 15) is 4.79 Å². The number of H-pyrrole nitrogens is 1. The number of hydrogen-bond acceptors (Lipinski definition) is 5. The van der Waals surface area contributed by atoms with E-state index in [4.69, 9.17) is 28.9 Å². The second-order valence-corrected chi connectivity index (χ2v) is 7.28. The number of nitrogens with zero attached hydrogens (tertiary/aromatic N) is 3. The summed E-state index contributed by atoms with van der Waals surface area (Å²) in [6, 6.07) is 9.44. The lowest BCUT2D eigenvalue weighted by Gasteiger charge is -2.27. The Kier molecular flexibility index (Phi) is 4.86. The minimum absolute atomic E-state index is 0.161. The van der Waals surface area contributed by atoms with Crippen LogP contribution in [-0.2, 0) is 19.5 Å². The summed E-state index contributed by atoms with van der Waals surface area (Å²) < 4.78 is 0. The molecular weight excluding hydrogens is 385 g/mol. The number of benzene rings is 1. The summed E-state index contributed by atoms with van der Waals surface area (Å²) in [6.07, 6.45) is 2.53. The molecule has 0 bridgehead atoms. The summed E-state index contributed by atoms with van der Waals surface area (Å²) in [6.45, 7) is 2.05.